The molecule has 1 rings (SSSR count). The fourth-order valence-corrected chi connectivity index (χ4v) is 1.27. The molecule has 0 aromatic carbocycles. The Morgan fingerprint density at radius 3 is 3.00 bits per heavy atom. The molecule has 6 N–H and O–H groups in total. The highest BCUT2D eigenvalue weighted by atomic mass is 15.5. The first-order valence-electron chi connectivity index (χ1n) is 3.84. The number of nitrogens with one attached hydrogen (secondary N) is 2. The average molecular weight is 157 g/mol. The van der Waals surface area contributed by atoms with E-state index in [-0.39, 0.29) is 0 Å². The fraction of sp³-hybridized carbons (Fsp3) is 0.833. The largest absolute Gasteiger partial charge is 0.385 e. The van der Waals surface area contributed by atoms with E-state index in [0.29, 0.717) is 11.8 Å². The summed E-state index contributed by atoms with van der Waals surface area (Å²) in [4.78, 5) is 0. The maximum absolute atomic E-state index is 5.63. The van der Waals surface area contributed by atoms with Crippen molar-refractivity contribution < 1.29 is 0 Å². The van der Waals surface area contributed by atoms with E-state index in [9.17, 15) is 0 Å². The fourth-order valence-electron chi connectivity index (χ4n) is 1.27. The molecule has 0 aromatic heterocycles. The Bertz CT molecular complexity index is 138. The van der Waals surface area contributed by atoms with Gasteiger partial charge in [0.15, 0.2) is 0 Å². The van der Waals surface area contributed by atoms with Crippen LogP contribution in [0.5, 0.6) is 0 Å². The Balaban J connectivity index is 2.38. The smallest absolute Gasteiger partial charge is 0.125 e. The summed E-state index contributed by atoms with van der Waals surface area (Å²) >= 11 is 0. The summed E-state index contributed by atoms with van der Waals surface area (Å²) in [6.45, 7) is 2.00. The van der Waals surface area contributed by atoms with Crippen LogP contribution in [0.4, 0.5) is 0 Å². The second kappa shape index (κ2) is 4.15. The lowest BCUT2D eigenvalue weighted by Crippen LogP contribution is -2.39. The second-order valence-corrected chi connectivity index (χ2v) is 2.71. The van der Waals surface area contributed by atoms with Crippen molar-refractivity contribution in [2.75, 3.05) is 13.1 Å². The third-order valence-electron chi connectivity index (χ3n) is 1.91. The quantitative estimate of drug-likeness (QED) is 0.174. The summed E-state index contributed by atoms with van der Waals surface area (Å²) < 4.78 is 0. The first-order valence-corrected chi connectivity index (χ1v) is 3.84. The second-order valence-electron chi connectivity index (χ2n) is 2.71. The van der Waals surface area contributed by atoms with Gasteiger partial charge in [0.1, 0.15) is 5.84 Å². The van der Waals surface area contributed by atoms with Gasteiger partial charge in [-0.1, -0.05) is 0 Å². The van der Waals surface area contributed by atoms with Crippen LogP contribution in [0, 0.1) is 5.92 Å². The summed E-state index contributed by atoms with van der Waals surface area (Å²) in [5.74, 6) is 5.94. The highest BCUT2D eigenvalue weighted by Crippen LogP contribution is 2.08. The third-order valence-corrected chi connectivity index (χ3v) is 1.91. The Morgan fingerprint density at radius 2 is 2.45 bits per heavy atom. The maximum atomic E-state index is 5.63. The molecule has 0 bridgehead atoms. The van der Waals surface area contributed by atoms with Crippen LogP contribution in [0.1, 0.15) is 12.8 Å². The average Bonchev–Trinajstić information content (AvgIpc) is 2.07. The van der Waals surface area contributed by atoms with Gasteiger partial charge in [0.05, 0.1) is 0 Å². The number of amidine groups is 1. The van der Waals surface area contributed by atoms with Crippen LogP contribution in [0.3, 0.4) is 0 Å². The maximum Gasteiger partial charge on any atom is 0.125 e. The number of hydrazone groups is 1. The van der Waals surface area contributed by atoms with Crippen molar-refractivity contribution in [2.24, 2.45) is 22.6 Å². The molecule has 0 spiro atoms. The van der Waals surface area contributed by atoms with Crippen LogP contribution >= 0.6 is 0 Å². The molecule has 5 nitrogen and oxygen atoms in total. The third kappa shape index (κ3) is 2.36. The lowest BCUT2D eigenvalue weighted by molar-refractivity contribution is 0.453. The van der Waals surface area contributed by atoms with Gasteiger partial charge in [0.25, 0.3) is 0 Å². The molecule has 1 unspecified atom stereocenters. The molecule has 1 saturated heterocycles. The molecular weight excluding hydrogens is 142 g/mol. The lowest BCUT2D eigenvalue weighted by atomic mass is 9.99. The van der Waals surface area contributed by atoms with E-state index in [1.807, 2.05) is 0 Å². The topological polar surface area (TPSA) is 88.5 Å². The van der Waals surface area contributed by atoms with Crippen molar-refractivity contribution in [3.8, 4) is 0 Å². The van der Waals surface area contributed by atoms with Crippen molar-refractivity contribution in [1.29, 1.82) is 0 Å². The first-order chi connectivity index (χ1) is 5.34. The zero-order valence-electron chi connectivity index (χ0n) is 6.51. The van der Waals surface area contributed by atoms with Gasteiger partial charge < -0.3 is 11.1 Å². The van der Waals surface area contributed by atoms with Crippen LogP contribution in [0.2, 0.25) is 0 Å². The summed E-state index contributed by atoms with van der Waals surface area (Å²) in [7, 11) is 0. The molecule has 1 heterocycles. The molecule has 11 heavy (non-hydrogen) atoms. The highest BCUT2D eigenvalue weighted by Gasteiger charge is 2.16. The monoisotopic (exact) mass is 157 g/mol. The van der Waals surface area contributed by atoms with Gasteiger partial charge in [-0.25, -0.2) is 11.4 Å². The van der Waals surface area contributed by atoms with Crippen molar-refractivity contribution in [2.45, 2.75) is 12.8 Å². The molecule has 1 aliphatic heterocycles. The molecule has 0 radical (unpaired) electrons. The highest BCUT2D eigenvalue weighted by molar-refractivity contribution is 5.82. The Morgan fingerprint density at radius 1 is 1.64 bits per heavy atom. The van der Waals surface area contributed by atoms with E-state index < -0.39 is 0 Å². The minimum Gasteiger partial charge on any atom is -0.385 e. The standard InChI is InChI=1S/C6H15N5/c7-6(10-11-8)5-2-1-3-9-4-5/h5,9,11H,1-4,8H2,(H2,7,10). The molecule has 1 aliphatic rings. The van der Waals surface area contributed by atoms with Crippen LogP contribution < -0.4 is 22.4 Å². The molecule has 1 atom stereocenters. The number of hydrogen-bond acceptors (Lipinski definition) is 4. The number of hydrogen-bond donors (Lipinski definition) is 4. The summed E-state index contributed by atoms with van der Waals surface area (Å²) in [6.07, 6.45) is 2.26. The summed E-state index contributed by atoms with van der Waals surface area (Å²) in [6, 6.07) is 0. The van der Waals surface area contributed by atoms with Gasteiger partial charge in [-0.3, -0.25) is 0 Å². The predicted molar refractivity (Wildman–Crippen MR) is 44.5 cm³/mol. The van der Waals surface area contributed by atoms with E-state index in [1.54, 1.807) is 0 Å². The number of nitrogens with two attached hydrogens (primary N) is 2. The first kappa shape index (κ1) is 8.29. The molecule has 0 amide bonds. The molecule has 0 saturated carbocycles. The van der Waals surface area contributed by atoms with Crippen LogP contribution in [-0.2, 0) is 0 Å². The lowest BCUT2D eigenvalue weighted by Gasteiger charge is -2.21. The number of hydrazine groups is 1. The SMILES string of the molecule is NNN=C(N)C1CCCNC1. The van der Waals surface area contributed by atoms with Gasteiger partial charge in [0.2, 0.25) is 0 Å². The molecule has 0 aromatic rings. The predicted octanol–water partition coefficient (Wildman–Crippen LogP) is -1.28. The number of piperidine rings is 1. The zero-order chi connectivity index (χ0) is 8.10. The van der Waals surface area contributed by atoms with Gasteiger partial charge in [-0.05, 0) is 19.4 Å². The van der Waals surface area contributed by atoms with E-state index in [0.717, 1.165) is 25.9 Å². The van der Waals surface area contributed by atoms with Crippen molar-refractivity contribution in [3.05, 3.63) is 0 Å². The number of rotatable bonds is 2. The van der Waals surface area contributed by atoms with Crippen LogP contribution in [0.15, 0.2) is 5.10 Å². The Hall–Kier alpha value is -0.810. The zero-order valence-corrected chi connectivity index (χ0v) is 6.51. The Kier molecular flexibility index (Phi) is 3.13. The molecule has 0 aliphatic carbocycles. The van der Waals surface area contributed by atoms with E-state index >= 15 is 0 Å². The van der Waals surface area contributed by atoms with E-state index in [4.69, 9.17) is 11.6 Å². The normalized spacial score (nSPS) is 26.6. The minimum atomic E-state index is 0.347. The van der Waals surface area contributed by atoms with Gasteiger partial charge >= 0.3 is 0 Å². The molecular formula is C6H15N5. The van der Waals surface area contributed by atoms with Crippen LogP contribution in [0.25, 0.3) is 0 Å². The molecule has 64 valence electrons. The van der Waals surface area contributed by atoms with Crippen molar-refractivity contribution >= 4 is 5.84 Å². The van der Waals surface area contributed by atoms with Gasteiger partial charge in [0, 0.05) is 12.5 Å². The van der Waals surface area contributed by atoms with E-state index in [1.165, 1.54) is 0 Å². The van der Waals surface area contributed by atoms with Crippen molar-refractivity contribution in [3.63, 3.8) is 0 Å². The minimum absolute atomic E-state index is 0.347. The molecule has 1 fully saturated rings. The molecule has 5 heteroatoms. The van der Waals surface area contributed by atoms with Crippen LogP contribution in [-0.4, -0.2) is 18.9 Å². The summed E-state index contributed by atoms with van der Waals surface area (Å²) in [5.41, 5.74) is 7.83. The Labute approximate surface area is 66.2 Å². The summed E-state index contributed by atoms with van der Waals surface area (Å²) in [5, 5.41) is 6.98. The van der Waals surface area contributed by atoms with Gasteiger partial charge in [-0.2, -0.15) is 5.10 Å². The number of nitrogens with zero attached hydrogens (tertiary/aromatic N) is 1. The van der Waals surface area contributed by atoms with Crippen molar-refractivity contribution in [1.82, 2.24) is 10.9 Å². The van der Waals surface area contributed by atoms with E-state index in [2.05, 4.69) is 16.0 Å². The van der Waals surface area contributed by atoms with Gasteiger partial charge in [-0.15, -0.1) is 0 Å².